The number of hydrogen-bond donors (Lipinski definition) is 3. The quantitative estimate of drug-likeness (QED) is 0.548. The van der Waals surface area contributed by atoms with Crippen LogP contribution in [0.25, 0.3) is 11.5 Å². The Bertz CT molecular complexity index is 333. The van der Waals surface area contributed by atoms with Gasteiger partial charge in [-0.2, -0.15) is 5.10 Å². The van der Waals surface area contributed by atoms with Crippen LogP contribution in [0.1, 0.15) is 0 Å². The van der Waals surface area contributed by atoms with Crippen molar-refractivity contribution in [3.63, 3.8) is 0 Å². The lowest BCUT2D eigenvalue weighted by Gasteiger charge is -1.84. The molecule has 0 aliphatic rings. The van der Waals surface area contributed by atoms with E-state index in [1.54, 1.807) is 12.4 Å². The first-order valence-electron chi connectivity index (χ1n) is 3.17. The van der Waals surface area contributed by atoms with E-state index in [-0.39, 0.29) is 0 Å². The number of nitrogen functional groups attached to an aromatic ring is 1. The minimum atomic E-state index is 0.475. The summed E-state index contributed by atoms with van der Waals surface area (Å²) in [6.07, 6.45) is 3.36. The van der Waals surface area contributed by atoms with Crippen LogP contribution in [-0.4, -0.2) is 20.2 Å². The van der Waals surface area contributed by atoms with E-state index < -0.39 is 0 Å². The molecule has 0 saturated heterocycles. The second kappa shape index (κ2) is 2.12. The minimum absolute atomic E-state index is 0.475. The maximum absolute atomic E-state index is 5.40. The molecule has 0 radical (unpaired) electrons. The lowest BCUT2D eigenvalue weighted by Crippen LogP contribution is -1.83. The zero-order chi connectivity index (χ0) is 7.68. The van der Waals surface area contributed by atoms with Crippen molar-refractivity contribution >= 4 is 5.82 Å². The number of nitrogens with one attached hydrogen (secondary N) is 2. The first-order valence-corrected chi connectivity index (χ1v) is 3.17. The Morgan fingerprint density at radius 3 is 2.91 bits per heavy atom. The molecular weight excluding hydrogens is 142 g/mol. The van der Waals surface area contributed by atoms with Crippen LogP contribution in [0.15, 0.2) is 18.5 Å². The number of aromatic amines is 2. The minimum Gasteiger partial charge on any atom is -0.382 e. The molecule has 0 unspecified atom stereocenters. The molecule has 0 aromatic carbocycles. The van der Waals surface area contributed by atoms with Gasteiger partial charge in [0, 0.05) is 12.4 Å². The normalized spacial score (nSPS) is 10.2. The summed E-state index contributed by atoms with van der Waals surface area (Å²) >= 11 is 0. The molecule has 0 spiro atoms. The topological polar surface area (TPSA) is 83.4 Å². The van der Waals surface area contributed by atoms with E-state index in [4.69, 9.17) is 5.73 Å². The van der Waals surface area contributed by atoms with Crippen LogP contribution in [-0.2, 0) is 0 Å². The van der Waals surface area contributed by atoms with E-state index >= 15 is 0 Å². The van der Waals surface area contributed by atoms with Gasteiger partial charge in [-0.15, -0.1) is 0 Å². The maximum atomic E-state index is 5.40. The molecule has 0 atom stereocenters. The average molecular weight is 149 g/mol. The third-order valence-corrected chi connectivity index (χ3v) is 1.34. The molecule has 0 amide bonds. The van der Waals surface area contributed by atoms with E-state index in [9.17, 15) is 0 Å². The summed E-state index contributed by atoms with van der Waals surface area (Å²) in [7, 11) is 0. The lowest BCUT2D eigenvalue weighted by atomic mass is 10.4. The zero-order valence-electron chi connectivity index (χ0n) is 5.70. The molecule has 2 aromatic rings. The predicted molar refractivity (Wildman–Crippen MR) is 40.6 cm³/mol. The summed E-state index contributed by atoms with van der Waals surface area (Å²) in [6, 6.07) is 1.82. The number of anilines is 1. The fourth-order valence-corrected chi connectivity index (χ4v) is 0.859. The van der Waals surface area contributed by atoms with E-state index in [0.29, 0.717) is 11.6 Å². The van der Waals surface area contributed by atoms with Gasteiger partial charge < -0.3 is 10.7 Å². The van der Waals surface area contributed by atoms with Gasteiger partial charge in [0.25, 0.3) is 0 Å². The van der Waals surface area contributed by atoms with Crippen molar-refractivity contribution in [3.05, 3.63) is 18.5 Å². The number of hydrogen-bond acceptors (Lipinski definition) is 3. The Labute approximate surface area is 62.7 Å². The fourth-order valence-electron chi connectivity index (χ4n) is 0.859. The number of rotatable bonds is 1. The van der Waals surface area contributed by atoms with Crippen LogP contribution < -0.4 is 5.73 Å². The van der Waals surface area contributed by atoms with Crippen molar-refractivity contribution in [2.24, 2.45) is 0 Å². The van der Waals surface area contributed by atoms with Gasteiger partial charge in [0.1, 0.15) is 11.5 Å². The molecule has 4 N–H and O–H groups in total. The summed E-state index contributed by atoms with van der Waals surface area (Å²) < 4.78 is 0. The van der Waals surface area contributed by atoms with Crippen LogP contribution in [0.3, 0.4) is 0 Å². The van der Waals surface area contributed by atoms with Crippen LogP contribution in [0.2, 0.25) is 0 Å². The smallest absolute Gasteiger partial charge is 0.160 e. The van der Waals surface area contributed by atoms with E-state index in [1.165, 1.54) is 0 Å². The molecule has 2 rings (SSSR count). The first-order chi connectivity index (χ1) is 5.36. The zero-order valence-corrected chi connectivity index (χ0v) is 5.70. The molecule has 5 nitrogen and oxygen atoms in total. The molecule has 0 fully saturated rings. The molecule has 0 aliphatic carbocycles. The highest BCUT2D eigenvalue weighted by Gasteiger charge is 2.01. The van der Waals surface area contributed by atoms with Gasteiger partial charge in [0.15, 0.2) is 5.82 Å². The van der Waals surface area contributed by atoms with Crippen LogP contribution in [0.4, 0.5) is 5.82 Å². The highest BCUT2D eigenvalue weighted by Crippen LogP contribution is 2.11. The van der Waals surface area contributed by atoms with Crippen LogP contribution in [0, 0.1) is 0 Å². The predicted octanol–water partition coefficient (Wildman–Crippen LogP) is 0.382. The Morgan fingerprint density at radius 1 is 1.45 bits per heavy atom. The largest absolute Gasteiger partial charge is 0.382 e. The van der Waals surface area contributed by atoms with Gasteiger partial charge >= 0.3 is 0 Å². The van der Waals surface area contributed by atoms with Crippen LogP contribution >= 0.6 is 0 Å². The summed E-state index contributed by atoms with van der Waals surface area (Å²) in [5, 5.41) is 6.61. The first kappa shape index (κ1) is 5.96. The van der Waals surface area contributed by atoms with Crippen molar-refractivity contribution in [1.82, 2.24) is 20.2 Å². The van der Waals surface area contributed by atoms with Crippen molar-refractivity contribution in [2.45, 2.75) is 0 Å². The maximum Gasteiger partial charge on any atom is 0.160 e. The lowest BCUT2D eigenvalue weighted by molar-refractivity contribution is 1.08. The molecule has 0 saturated carbocycles. The third-order valence-electron chi connectivity index (χ3n) is 1.34. The summed E-state index contributed by atoms with van der Waals surface area (Å²) in [4.78, 5) is 6.88. The third kappa shape index (κ3) is 0.958. The van der Waals surface area contributed by atoms with E-state index in [2.05, 4.69) is 20.2 Å². The van der Waals surface area contributed by atoms with Gasteiger partial charge in [-0.1, -0.05) is 0 Å². The van der Waals surface area contributed by atoms with E-state index in [0.717, 1.165) is 5.69 Å². The standard InChI is InChI=1S/C6H7N5/c7-5-3-8-6(10-5)4-1-2-9-11-4/h1-3H,7H2,(H,8,10)(H,9,11). The fraction of sp³-hybridized carbons (Fsp3) is 0. The highest BCUT2D eigenvalue weighted by atomic mass is 15.1. The Balaban J connectivity index is 2.45. The molecule has 2 heterocycles. The van der Waals surface area contributed by atoms with Gasteiger partial charge in [0.2, 0.25) is 0 Å². The van der Waals surface area contributed by atoms with Crippen molar-refractivity contribution in [1.29, 1.82) is 0 Å². The second-order valence-corrected chi connectivity index (χ2v) is 2.13. The molecule has 2 aromatic heterocycles. The summed E-state index contributed by atoms with van der Waals surface area (Å²) in [6.45, 7) is 0. The van der Waals surface area contributed by atoms with Crippen molar-refractivity contribution in [2.75, 3.05) is 5.73 Å². The Morgan fingerprint density at radius 2 is 2.36 bits per heavy atom. The second-order valence-electron chi connectivity index (χ2n) is 2.13. The number of imidazole rings is 1. The molecule has 56 valence electrons. The molecule has 0 aliphatic heterocycles. The SMILES string of the molecule is Nc1c[nH]c(-c2cc[nH]n2)n1. The van der Waals surface area contributed by atoms with Gasteiger partial charge in [-0.05, 0) is 6.07 Å². The highest BCUT2D eigenvalue weighted by molar-refractivity contribution is 5.50. The summed E-state index contributed by atoms with van der Waals surface area (Å²) in [5.41, 5.74) is 6.17. The number of aromatic nitrogens is 4. The average Bonchev–Trinajstić information content (AvgIpc) is 2.55. The summed E-state index contributed by atoms with van der Waals surface area (Å²) in [5.74, 6) is 1.16. The van der Waals surface area contributed by atoms with Crippen LogP contribution in [0.5, 0.6) is 0 Å². The van der Waals surface area contributed by atoms with Gasteiger partial charge in [0.05, 0.1) is 0 Å². The number of H-pyrrole nitrogens is 2. The van der Waals surface area contributed by atoms with Crippen molar-refractivity contribution < 1.29 is 0 Å². The van der Waals surface area contributed by atoms with E-state index in [1.807, 2.05) is 6.07 Å². The molecule has 5 heteroatoms. The monoisotopic (exact) mass is 149 g/mol. The van der Waals surface area contributed by atoms with Crippen molar-refractivity contribution in [3.8, 4) is 11.5 Å². The number of nitrogens with zero attached hydrogens (tertiary/aromatic N) is 2. The number of nitrogens with two attached hydrogens (primary N) is 1. The van der Waals surface area contributed by atoms with Gasteiger partial charge in [-0.25, -0.2) is 4.98 Å². The molecule has 0 bridgehead atoms. The van der Waals surface area contributed by atoms with Gasteiger partial charge in [-0.3, -0.25) is 5.10 Å². The Kier molecular flexibility index (Phi) is 1.15. The Hall–Kier alpha value is -1.78. The molecule has 11 heavy (non-hydrogen) atoms. The molecular formula is C6H7N5.